The van der Waals surface area contributed by atoms with Crippen molar-refractivity contribution in [2.45, 2.75) is 33.1 Å². The molecule has 0 saturated heterocycles. The molecule has 232 valence electrons. The van der Waals surface area contributed by atoms with Gasteiger partial charge in [-0.3, -0.25) is 4.57 Å². The highest BCUT2D eigenvalue weighted by Crippen LogP contribution is 2.50. The molecule has 2 aromatic heterocycles. The van der Waals surface area contributed by atoms with Crippen LogP contribution in [0.1, 0.15) is 50.1 Å². The zero-order valence-electron chi connectivity index (χ0n) is 26.9. The molecule has 5 heteroatoms. The Balaban J connectivity index is 0.00000172. The molecule has 47 heavy (non-hydrogen) atoms. The van der Waals surface area contributed by atoms with Gasteiger partial charge < -0.3 is 9.47 Å². The van der Waals surface area contributed by atoms with E-state index in [2.05, 4.69) is 84.0 Å². The molecule has 5 nitrogen and oxygen atoms in total. The van der Waals surface area contributed by atoms with Gasteiger partial charge >= 0.3 is 0 Å². The molecule has 8 rings (SSSR count). The van der Waals surface area contributed by atoms with E-state index in [0.29, 0.717) is 34.9 Å². The van der Waals surface area contributed by atoms with Crippen LogP contribution in [0.3, 0.4) is 0 Å². The third kappa shape index (κ3) is 5.55. The van der Waals surface area contributed by atoms with Crippen LogP contribution in [-0.4, -0.2) is 14.5 Å². The molecule has 0 amide bonds. The standard InChI is InChI=1S/C40H31N3O2.C2H6/c1-3-12-27(13-4-2)31-24-32(28-15-6-5-7-16-28)42-40(41-31)43-33-21-20-26-14-8-9-17-29(22-26)39(33)30-23-37-38(25-34(30)43)45-36-19-11-10-18-35(36)44-37;1-2/h3-21,23-26,29H,1,22H2,2H3;1-2H3/b13-4-,27-12+;. The third-order valence-electron chi connectivity index (χ3n) is 8.53. The summed E-state index contributed by atoms with van der Waals surface area (Å²) in [5.74, 6) is 3.88. The molecular weight excluding hydrogens is 578 g/mol. The number of para-hydroxylation sites is 2. The summed E-state index contributed by atoms with van der Waals surface area (Å²) in [4.78, 5) is 10.5. The van der Waals surface area contributed by atoms with Gasteiger partial charge in [0.25, 0.3) is 0 Å². The lowest BCUT2D eigenvalue weighted by atomic mass is 9.90. The van der Waals surface area contributed by atoms with Crippen molar-refractivity contribution in [2.24, 2.45) is 5.92 Å². The fourth-order valence-electron chi connectivity index (χ4n) is 6.52. The van der Waals surface area contributed by atoms with Crippen molar-refractivity contribution in [2.75, 3.05) is 0 Å². The lowest BCUT2D eigenvalue weighted by molar-refractivity contribution is 0.360. The first-order chi connectivity index (χ1) is 23.2. The Hall–Kier alpha value is -5.68. The fraction of sp³-hybridized carbons (Fsp3) is 0.143. The van der Waals surface area contributed by atoms with Crippen LogP contribution in [-0.2, 0) is 0 Å². The maximum atomic E-state index is 6.40. The monoisotopic (exact) mass is 615 g/mol. The molecule has 2 unspecified atom stereocenters. The van der Waals surface area contributed by atoms with E-state index in [1.165, 1.54) is 5.56 Å². The van der Waals surface area contributed by atoms with E-state index in [-0.39, 0.29) is 5.92 Å². The number of allylic oxidation sites excluding steroid dienone is 10. The van der Waals surface area contributed by atoms with Crippen molar-refractivity contribution in [3.05, 3.63) is 151 Å². The van der Waals surface area contributed by atoms with Crippen LogP contribution in [0.5, 0.6) is 23.0 Å². The van der Waals surface area contributed by atoms with Crippen molar-refractivity contribution < 1.29 is 9.47 Å². The van der Waals surface area contributed by atoms with Crippen molar-refractivity contribution in [3.63, 3.8) is 0 Å². The van der Waals surface area contributed by atoms with Crippen molar-refractivity contribution in [3.8, 4) is 40.2 Å². The predicted molar refractivity (Wildman–Crippen MR) is 193 cm³/mol. The average molecular weight is 616 g/mol. The summed E-state index contributed by atoms with van der Waals surface area (Å²) in [5, 5.41) is 1.10. The molecule has 5 aromatic rings. The van der Waals surface area contributed by atoms with Gasteiger partial charge in [-0.05, 0) is 60.7 Å². The first kappa shape index (κ1) is 30.0. The Kier molecular flexibility index (Phi) is 8.28. The maximum absolute atomic E-state index is 6.40. The number of fused-ring (bicyclic) bond motifs is 8. The van der Waals surface area contributed by atoms with Gasteiger partial charge in [-0.1, -0.05) is 118 Å². The topological polar surface area (TPSA) is 49.2 Å². The van der Waals surface area contributed by atoms with E-state index in [1.54, 1.807) is 6.08 Å². The number of rotatable bonds is 5. The molecule has 0 N–H and O–H groups in total. The number of hydrogen-bond acceptors (Lipinski definition) is 4. The zero-order valence-corrected chi connectivity index (χ0v) is 26.9. The quantitative estimate of drug-likeness (QED) is 0.181. The molecule has 2 bridgehead atoms. The minimum atomic E-state index is 0.199. The van der Waals surface area contributed by atoms with Gasteiger partial charge in [0.1, 0.15) is 0 Å². The second-order valence-corrected chi connectivity index (χ2v) is 11.4. The zero-order chi connectivity index (χ0) is 32.3. The Morgan fingerprint density at radius 2 is 1.57 bits per heavy atom. The highest BCUT2D eigenvalue weighted by Gasteiger charge is 2.30. The van der Waals surface area contributed by atoms with Crippen LogP contribution in [0, 0.1) is 5.92 Å². The lowest BCUT2D eigenvalue weighted by Crippen LogP contribution is -2.07. The van der Waals surface area contributed by atoms with Crippen molar-refractivity contribution >= 4 is 22.6 Å². The van der Waals surface area contributed by atoms with Crippen LogP contribution >= 0.6 is 0 Å². The molecule has 0 spiro atoms. The van der Waals surface area contributed by atoms with E-state index in [1.807, 2.05) is 75.4 Å². The smallest absolute Gasteiger partial charge is 0.235 e. The van der Waals surface area contributed by atoms with Crippen molar-refractivity contribution in [1.82, 2.24) is 14.5 Å². The number of aromatic nitrogens is 3. The minimum Gasteiger partial charge on any atom is -0.449 e. The molecule has 0 fully saturated rings. The summed E-state index contributed by atoms with van der Waals surface area (Å²) >= 11 is 0. The van der Waals surface area contributed by atoms with Crippen LogP contribution in [0.15, 0.2) is 134 Å². The largest absolute Gasteiger partial charge is 0.449 e. The van der Waals surface area contributed by atoms with Gasteiger partial charge in [-0.25, -0.2) is 9.97 Å². The van der Waals surface area contributed by atoms with Crippen LogP contribution in [0.2, 0.25) is 0 Å². The number of hydrogen-bond donors (Lipinski definition) is 0. The second kappa shape index (κ2) is 13.0. The second-order valence-electron chi connectivity index (χ2n) is 11.4. The maximum Gasteiger partial charge on any atom is 0.235 e. The normalized spacial score (nSPS) is 17.4. The molecule has 1 aliphatic heterocycles. The summed E-state index contributed by atoms with van der Waals surface area (Å²) in [7, 11) is 0. The van der Waals surface area contributed by atoms with E-state index >= 15 is 0 Å². The number of benzene rings is 3. The summed E-state index contributed by atoms with van der Waals surface area (Å²) in [6, 6.07) is 24.3. The van der Waals surface area contributed by atoms with Crippen LogP contribution in [0.4, 0.5) is 0 Å². The summed E-state index contributed by atoms with van der Waals surface area (Å²) < 4.78 is 15.0. The Morgan fingerprint density at radius 3 is 2.32 bits per heavy atom. The van der Waals surface area contributed by atoms with E-state index < -0.39 is 0 Å². The van der Waals surface area contributed by atoms with Crippen LogP contribution < -0.4 is 9.47 Å². The van der Waals surface area contributed by atoms with Gasteiger partial charge in [-0.2, -0.15) is 0 Å². The lowest BCUT2D eigenvalue weighted by Gasteiger charge is -2.21. The first-order valence-electron chi connectivity index (χ1n) is 16.3. The Morgan fingerprint density at radius 1 is 0.851 bits per heavy atom. The third-order valence-corrected chi connectivity index (χ3v) is 8.53. The van der Waals surface area contributed by atoms with Crippen LogP contribution in [0.25, 0.3) is 39.8 Å². The molecule has 0 radical (unpaired) electrons. The average Bonchev–Trinajstić information content (AvgIpc) is 3.24. The fourth-order valence-corrected chi connectivity index (χ4v) is 6.52. The summed E-state index contributed by atoms with van der Waals surface area (Å²) in [6.07, 6.45) is 22.3. The van der Waals surface area contributed by atoms with Gasteiger partial charge in [0, 0.05) is 22.9 Å². The Labute approximate surface area is 276 Å². The SMILES string of the molecule is C=C/C=C(\C=C/C)c1cc(-c2ccccc2)nc(-n2c3c(c4cc5c(cc42)Oc2ccccc2O5)C2C=CC=CC(C=C3)C2)n1.CC. The minimum absolute atomic E-state index is 0.199. The molecular formula is C42H37N3O2. The van der Waals surface area contributed by atoms with E-state index in [9.17, 15) is 0 Å². The predicted octanol–water partition coefficient (Wildman–Crippen LogP) is 11.4. The summed E-state index contributed by atoms with van der Waals surface area (Å²) in [6.45, 7) is 9.97. The molecule has 2 aliphatic carbocycles. The van der Waals surface area contributed by atoms with Crippen molar-refractivity contribution in [1.29, 1.82) is 0 Å². The van der Waals surface area contributed by atoms with Gasteiger partial charge in [-0.15, -0.1) is 0 Å². The van der Waals surface area contributed by atoms with E-state index in [0.717, 1.165) is 45.5 Å². The molecule has 2 atom stereocenters. The highest BCUT2D eigenvalue weighted by atomic mass is 16.6. The highest BCUT2D eigenvalue weighted by molar-refractivity contribution is 5.94. The van der Waals surface area contributed by atoms with Gasteiger partial charge in [0.05, 0.1) is 22.6 Å². The molecule has 3 heterocycles. The number of ether oxygens (including phenoxy) is 2. The first-order valence-corrected chi connectivity index (χ1v) is 16.3. The van der Waals surface area contributed by atoms with E-state index in [4.69, 9.17) is 19.4 Å². The molecule has 0 saturated carbocycles. The van der Waals surface area contributed by atoms with Gasteiger partial charge in [0.2, 0.25) is 5.95 Å². The van der Waals surface area contributed by atoms with Gasteiger partial charge in [0.15, 0.2) is 23.0 Å². The summed E-state index contributed by atoms with van der Waals surface area (Å²) in [5.41, 5.74) is 6.89. The molecule has 3 aliphatic rings. The number of nitrogens with zero attached hydrogens (tertiary/aromatic N) is 3. The Bertz CT molecular complexity index is 2130. The molecule has 3 aromatic carbocycles.